The number of aliphatic hydroxyl groups excluding tert-OH is 1. The van der Waals surface area contributed by atoms with Crippen LogP contribution in [0.4, 0.5) is 0 Å². The van der Waals surface area contributed by atoms with E-state index in [1.54, 1.807) is 51.3 Å². The Morgan fingerprint density at radius 3 is 2.46 bits per heavy atom. The number of methoxy groups -OCH3 is 1. The molecule has 10 atom stereocenters. The highest BCUT2D eigenvalue weighted by atomic mass is 16.6. The van der Waals surface area contributed by atoms with Crippen LogP contribution in [0.3, 0.4) is 0 Å². The van der Waals surface area contributed by atoms with Crippen LogP contribution in [-0.2, 0) is 35.1 Å². The van der Waals surface area contributed by atoms with Gasteiger partial charge >= 0.3 is 11.9 Å². The van der Waals surface area contributed by atoms with Crippen molar-refractivity contribution in [3.8, 4) is 0 Å². The summed E-state index contributed by atoms with van der Waals surface area (Å²) < 4.78 is 23.3. The SMILES string of the molecule is CC[C@H](OC)[C@@H](C)[C@H](C)OCC(NCc1ccc(C)cc1)C(C)(O)/C=C/C=C(\C)[C@H]1OC(=O)C[C@H](O)CC[C@@](C)(O)[C@@H](OC(C)=O)/C=C/[C@@H]1C. The van der Waals surface area contributed by atoms with Crippen molar-refractivity contribution in [2.45, 2.75) is 142 Å². The van der Waals surface area contributed by atoms with Crippen LogP contribution in [0.5, 0.6) is 0 Å². The average Bonchev–Trinajstić information content (AvgIpc) is 3.04. The first kappa shape index (κ1) is 43.3. The Kier molecular flexibility index (Phi) is 17.5. The van der Waals surface area contributed by atoms with Crippen molar-refractivity contribution in [1.29, 1.82) is 0 Å². The Morgan fingerprint density at radius 1 is 1.20 bits per heavy atom. The van der Waals surface area contributed by atoms with Crippen molar-refractivity contribution in [2.24, 2.45) is 11.8 Å². The average molecular weight is 702 g/mol. The van der Waals surface area contributed by atoms with Crippen LogP contribution in [0.25, 0.3) is 0 Å². The van der Waals surface area contributed by atoms with E-state index in [-0.39, 0.29) is 49.9 Å². The molecule has 0 bridgehead atoms. The number of hydrogen-bond acceptors (Lipinski definition) is 10. The van der Waals surface area contributed by atoms with Gasteiger partial charge in [0.15, 0.2) is 0 Å². The number of aryl methyl sites for hydroxylation is 1. The van der Waals surface area contributed by atoms with Crippen LogP contribution in [-0.4, -0.2) is 88.7 Å². The lowest BCUT2D eigenvalue weighted by atomic mass is 9.88. The van der Waals surface area contributed by atoms with Gasteiger partial charge in [-0.15, -0.1) is 0 Å². The molecule has 0 spiro atoms. The number of carbonyl (C=O) groups is 2. The van der Waals surface area contributed by atoms with Crippen LogP contribution in [0, 0.1) is 18.8 Å². The summed E-state index contributed by atoms with van der Waals surface area (Å²) in [4.78, 5) is 24.7. The first-order valence-corrected chi connectivity index (χ1v) is 17.9. The molecule has 0 fully saturated rings. The zero-order valence-electron chi connectivity index (χ0n) is 31.8. The van der Waals surface area contributed by atoms with Gasteiger partial charge in [0.25, 0.3) is 0 Å². The van der Waals surface area contributed by atoms with Crippen LogP contribution in [0.2, 0.25) is 0 Å². The van der Waals surface area contributed by atoms with Gasteiger partial charge in [0.2, 0.25) is 0 Å². The highest BCUT2D eigenvalue weighted by Gasteiger charge is 2.35. The van der Waals surface area contributed by atoms with Crippen molar-refractivity contribution in [1.82, 2.24) is 5.32 Å². The van der Waals surface area contributed by atoms with Gasteiger partial charge in [-0.05, 0) is 71.1 Å². The van der Waals surface area contributed by atoms with Crippen molar-refractivity contribution >= 4 is 11.9 Å². The Balaban J connectivity index is 2.35. The number of carbonyl (C=O) groups excluding carboxylic acids is 2. The molecule has 10 nitrogen and oxygen atoms in total. The maximum absolute atomic E-state index is 12.9. The van der Waals surface area contributed by atoms with Gasteiger partial charge in [0.05, 0.1) is 43.0 Å². The van der Waals surface area contributed by atoms with Gasteiger partial charge in [0.1, 0.15) is 17.8 Å². The molecular weight excluding hydrogens is 638 g/mol. The number of ether oxygens (including phenoxy) is 4. The van der Waals surface area contributed by atoms with E-state index in [0.29, 0.717) is 12.1 Å². The second-order valence-electron chi connectivity index (χ2n) is 14.4. The van der Waals surface area contributed by atoms with Crippen molar-refractivity contribution in [2.75, 3.05) is 13.7 Å². The van der Waals surface area contributed by atoms with E-state index in [2.05, 4.69) is 43.4 Å². The van der Waals surface area contributed by atoms with Crippen molar-refractivity contribution in [3.05, 3.63) is 71.3 Å². The maximum Gasteiger partial charge on any atom is 0.309 e. The minimum Gasteiger partial charge on any atom is -0.457 e. The number of esters is 2. The monoisotopic (exact) mass is 701 g/mol. The van der Waals surface area contributed by atoms with E-state index < -0.39 is 47.5 Å². The van der Waals surface area contributed by atoms with Gasteiger partial charge in [-0.3, -0.25) is 9.59 Å². The summed E-state index contributed by atoms with van der Waals surface area (Å²) in [7, 11) is 1.71. The number of allylic oxidation sites excluding steroid dienone is 2. The zero-order valence-corrected chi connectivity index (χ0v) is 31.8. The van der Waals surface area contributed by atoms with Crippen LogP contribution in [0.15, 0.2) is 60.2 Å². The first-order valence-electron chi connectivity index (χ1n) is 17.9. The molecule has 1 aromatic carbocycles. The Morgan fingerprint density at radius 2 is 1.86 bits per heavy atom. The fourth-order valence-electron chi connectivity index (χ4n) is 6.07. The molecule has 0 saturated heterocycles. The molecule has 0 aliphatic carbocycles. The van der Waals surface area contributed by atoms with Crippen LogP contribution in [0.1, 0.15) is 92.2 Å². The highest BCUT2D eigenvalue weighted by molar-refractivity contribution is 5.70. The number of nitrogens with one attached hydrogen (secondary N) is 1. The zero-order chi connectivity index (χ0) is 37.6. The lowest BCUT2D eigenvalue weighted by Gasteiger charge is -2.34. The summed E-state index contributed by atoms with van der Waals surface area (Å²) in [5.41, 5.74) is 0.153. The molecule has 282 valence electrons. The third-order valence-electron chi connectivity index (χ3n) is 9.80. The number of rotatable bonds is 15. The maximum atomic E-state index is 12.9. The van der Waals surface area contributed by atoms with E-state index >= 15 is 0 Å². The van der Waals surface area contributed by atoms with Crippen LogP contribution >= 0.6 is 0 Å². The second-order valence-corrected chi connectivity index (χ2v) is 14.4. The molecule has 2 unspecified atom stereocenters. The molecular formula is C40H63NO9. The third kappa shape index (κ3) is 14.0. The minimum atomic E-state index is -1.45. The normalized spacial score (nSPS) is 28.3. The molecule has 10 heteroatoms. The van der Waals surface area contributed by atoms with E-state index in [4.69, 9.17) is 18.9 Å². The largest absolute Gasteiger partial charge is 0.457 e. The van der Waals surface area contributed by atoms with Crippen molar-refractivity contribution < 1.29 is 43.9 Å². The summed E-state index contributed by atoms with van der Waals surface area (Å²) in [6.07, 6.45) is 6.66. The number of benzene rings is 1. The number of cyclic esters (lactones) is 1. The Bertz CT molecular complexity index is 1280. The minimum absolute atomic E-state index is 0.0589. The summed E-state index contributed by atoms with van der Waals surface area (Å²) in [5, 5.41) is 36.9. The number of aliphatic hydroxyl groups is 3. The van der Waals surface area contributed by atoms with Gasteiger partial charge in [0, 0.05) is 32.4 Å². The molecule has 1 aliphatic rings. The van der Waals surface area contributed by atoms with E-state index in [1.165, 1.54) is 12.5 Å². The third-order valence-corrected chi connectivity index (χ3v) is 9.80. The fraction of sp³-hybridized carbons (Fsp3) is 0.650. The highest BCUT2D eigenvalue weighted by Crippen LogP contribution is 2.27. The summed E-state index contributed by atoms with van der Waals surface area (Å²) >= 11 is 0. The lowest BCUT2D eigenvalue weighted by molar-refractivity contribution is -0.157. The van der Waals surface area contributed by atoms with Crippen LogP contribution < -0.4 is 5.32 Å². The fourth-order valence-corrected chi connectivity index (χ4v) is 6.07. The molecule has 1 aromatic rings. The molecule has 50 heavy (non-hydrogen) atoms. The standard InChI is InChI=1S/C40H63NO9/c1-11-34(47-10)29(5)30(6)48-25-35(41-24-32-17-14-26(2)15-18-32)39(8,45)21-12-13-27(3)38-28(4)16-19-36(49-31(7)42)40(9,46)22-20-33(43)23-37(44)50-38/h12-19,21,28-30,33-36,38,41,43,45-46H,11,20,22-25H2,1-10H3/b19-16+,21-12+,27-13+/t28-,29-,30-,33+,34-,35?,36-,38+,39?,40+/m0/s1. The van der Waals surface area contributed by atoms with E-state index in [0.717, 1.165) is 12.0 Å². The topological polar surface area (TPSA) is 144 Å². The van der Waals surface area contributed by atoms with E-state index in [9.17, 15) is 24.9 Å². The van der Waals surface area contributed by atoms with Gasteiger partial charge < -0.3 is 39.6 Å². The predicted octanol–water partition coefficient (Wildman–Crippen LogP) is 5.50. The molecule has 0 radical (unpaired) electrons. The second kappa shape index (κ2) is 20.2. The van der Waals surface area contributed by atoms with Gasteiger partial charge in [-0.25, -0.2) is 0 Å². The molecule has 1 heterocycles. The quantitative estimate of drug-likeness (QED) is 0.105. The molecule has 2 rings (SSSR count). The molecule has 4 N–H and O–H groups in total. The molecule has 1 aliphatic heterocycles. The first-order chi connectivity index (χ1) is 23.4. The molecule has 0 saturated carbocycles. The number of hydrogen-bond donors (Lipinski definition) is 4. The molecule has 0 aromatic heterocycles. The van der Waals surface area contributed by atoms with Gasteiger partial charge in [-0.1, -0.05) is 74.9 Å². The predicted molar refractivity (Wildman–Crippen MR) is 195 cm³/mol. The van der Waals surface area contributed by atoms with Crippen molar-refractivity contribution in [3.63, 3.8) is 0 Å². The summed E-state index contributed by atoms with van der Waals surface area (Å²) in [6.45, 7) is 17.2. The Labute approximate surface area is 299 Å². The Hall–Kier alpha value is -2.86. The summed E-state index contributed by atoms with van der Waals surface area (Å²) in [5.74, 6) is -1.34. The smallest absolute Gasteiger partial charge is 0.309 e. The van der Waals surface area contributed by atoms with E-state index in [1.807, 2.05) is 27.7 Å². The molecule has 0 amide bonds. The lowest BCUT2D eigenvalue weighted by Crippen LogP contribution is -2.51. The summed E-state index contributed by atoms with van der Waals surface area (Å²) in [6, 6.07) is 7.75. The van der Waals surface area contributed by atoms with Gasteiger partial charge in [-0.2, -0.15) is 0 Å².